The van der Waals surface area contributed by atoms with Crippen molar-refractivity contribution in [1.82, 2.24) is 4.90 Å². The van der Waals surface area contributed by atoms with Crippen LogP contribution in [0.1, 0.15) is 11.1 Å². The zero-order valence-corrected chi connectivity index (χ0v) is 17.9. The minimum absolute atomic E-state index is 0.0190. The van der Waals surface area contributed by atoms with Crippen LogP contribution in [0.3, 0.4) is 0 Å². The number of rotatable bonds is 7. The molecule has 0 bridgehead atoms. The van der Waals surface area contributed by atoms with E-state index in [4.69, 9.17) is 0 Å². The zero-order chi connectivity index (χ0) is 20.4. The predicted octanol–water partition coefficient (Wildman–Crippen LogP) is 2.46. The molecule has 0 amide bonds. The molecule has 2 aromatic rings. The monoisotopic (exact) mass is 410 g/mol. The van der Waals surface area contributed by atoms with Crippen LogP contribution in [0.15, 0.2) is 52.3 Å². The first-order chi connectivity index (χ1) is 12.4. The van der Waals surface area contributed by atoms with Crippen molar-refractivity contribution in [3.05, 3.63) is 53.6 Å². The molecule has 0 aliphatic carbocycles. The summed E-state index contributed by atoms with van der Waals surface area (Å²) in [6.07, 6.45) is 1.09. The molecule has 0 radical (unpaired) electrons. The minimum Gasteiger partial charge on any atom is -0.308 e. The highest BCUT2D eigenvalue weighted by molar-refractivity contribution is 7.93. The standard InChI is InChI=1S/C19H26N2O4S2/c1-15-13-18(26(5,22)23)16(2)19(14-15)27(24,25)21(12-11-20(3)4)17-9-7-6-8-10-17/h6-10,13-14H,11-12H2,1-5H3. The second kappa shape index (κ2) is 8.00. The van der Waals surface area contributed by atoms with E-state index < -0.39 is 19.9 Å². The van der Waals surface area contributed by atoms with Crippen molar-refractivity contribution in [2.45, 2.75) is 23.6 Å². The van der Waals surface area contributed by atoms with E-state index in [-0.39, 0.29) is 21.9 Å². The predicted molar refractivity (Wildman–Crippen MR) is 109 cm³/mol. The number of likely N-dealkylation sites (N-methyl/N-ethyl adjacent to an activating group) is 1. The Balaban J connectivity index is 2.68. The molecule has 0 N–H and O–H groups in total. The Labute approximate surface area is 162 Å². The van der Waals surface area contributed by atoms with Gasteiger partial charge in [-0.3, -0.25) is 4.31 Å². The fourth-order valence-electron chi connectivity index (χ4n) is 2.84. The first-order valence-corrected chi connectivity index (χ1v) is 11.8. The molecule has 6 nitrogen and oxygen atoms in total. The molecule has 27 heavy (non-hydrogen) atoms. The highest BCUT2D eigenvalue weighted by Crippen LogP contribution is 2.30. The Morgan fingerprint density at radius 1 is 0.852 bits per heavy atom. The van der Waals surface area contributed by atoms with E-state index in [1.807, 2.05) is 25.1 Å². The third-order valence-corrected chi connectivity index (χ3v) is 7.40. The maximum absolute atomic E-state index is 13.5. The molecular weight excluding hydrogens is 384 g/mol. The van der Waals surface area contributed by atoms with E-state index in [0.29, 0.717) is 17.8 Å². The Bertz CT molecular complexity index is 1020. The van der Waals surface area contributed by atoms with Crippen molar-refractivity contribution < 1.29 is 16.8 Å². The second-order valence-electron chi connectivity index (χ2n) is 6.87. The summed E-state index contributed by atoms with van der Waals surface area (Å²) in [5.41, 5.74) is 1.37. The van der Waals surface area contributed by atoms with Crippen LogP contribution in [-0.2, 0) is 19.9 Å². The van der Waals surface area contributed by atoms with Crippen molar-refractivity contribution in [2.24, 2.45) is 0 Å². The van der Waals surface area contributed by atoms with Gasteiger partial charge in [-0.1, -0.05) is 18.2 Å². The van der Waals surface area contributed by atoms with E-state index in [1.54, 1.807) is 31.2 Å². The van der Waals surface area contributed by atoms with Crippen LogP contribution < -0.4 is 4.31 Å². The topological polar surface area (TPSA) is 74.8 Å². The highest BCUT2D eigenvalue weighted by Gasteiger charge is 2.29. The van der Waals surface area contributed by atoms with Gasteiger partial charge in [0.2, 0.25) is 0 Å². The van der Waals surface area contributed by atoms with Crippen LogP contribution in [-0.4, -0.2) is 55.2 Å². The number of anilines is 1. The smallest absolute Gasteiger partial charge is 0.264 e. The van der Waals surface area contributed by atoms with Gasteiger partial charge in [0, 0.05) is 19.3 Å². The molecule has 0 aromatic heterocycles. The van der Waals surface area contributed by atoms with Gasteiger partial charge in [0.25, 0.3) is 10.0 Å². The molecule has 0 spiro atoms. The van der Waals surface area contributed by atoms with Gasteiger partial charge in [-0.2, -0.15) is 0 Å². The van der Waals surface area contributed by atoms with Crippen LogP contribution in [0.5, 0.6) is 0 Å². The summed E-state index contributed by atoms with van der Waals surface area (Å²) in [5.74, 6) is 0. The first kappa shape index (κ1) is 21.4. The number of sulfonamides is 1. The van der Waals surface area contributed by atoms with Crippen LogP contribution >= 0.6 is 0 Å². The number of aryl methyl sites for hydroxylation is 1. The summed E-state index contributed by atoms with van der Waals surface area (Å²) in [7, 11) is -3.75. The molecule has 0 heterocycles. The van der Waals surface area contributed by atoms with Gasteiger partial charge in [0.05, 0.1) is 15.5 Å². The molecule has 8 heteroatoms. The lowest BCUT2D eigenvalue weighted by molar-refractivity contribution is 0.419. The van der Waals surface area contributed by atoms with Crippen LogP contribution in [0.25, 0.3) is 0 Å². The molecule has 0 atom stereocenters. The van der Waals surface area contributed by atoms with Crippen molar-refractivity contribution >= 4 is 25.5 Å². The summed E-state index contributed by atoms with van der Waals surface area (Å²) in [4.78, 5) is 1.96. The van der Waals surface area contributed by atoms with E-state index >= 15 is 0 Å². The van der Waals surface area contributed by atoms with Crippen molar-refractivity contribution in [1.29, 1.82) is 0 Å². The van der Waals surface area contributed by atoms with Crippen molar-refractivity contribution in [2.75, 3.05) is 37.7 Å². The van der Waals surface area contributed by atoms with Crippen molar-refractivity contribution in [3.63, 3.8) is 0 Å². The Morgan fingerprint density at radius 3 is 1.93 bits per heavy atom. The number of nitrogens with zero attached hydrogens (tertiary/aromatic N) is 2. The van der Waals surface area contributed by atoms with Gasteiger partial charge in [0.1, 0.15) is 0 Å². The average Bonchev–Trinajstić information content (AvgIpc) is 2.56. The summed E-state index contributed by atoms with van der Waals surface area (Å²) < 4.78 is 52.6. The van der Waals surface area contributed by atoms with Crippen LogP contribution in [0, 0.1) is 13.8 Å². The number of hydrogen-bond donors (Lipinski definition) is 0. The minimum atomic E-state index is -3.94. The molecular formula is C19H26N2O4S2. The van der Waals surface area contributed by atoms with Gasteiger partial charge in [-0.25, -0.2) is 16.8 Å². The Morgan fingerprint density at radius 2 is 1.41 bits per heavy atom. The maximum atomic E-state index is 13.5. The SMILES string of the molecule is Cc1cc(S(C)(=O)=O)c(C)c(S(=O)(=O)N(CCN(C)C)c2ccccc2)c1. The van der Waals surface area contributed by atoms with E-state index in [2.05, 4.69) is 0 Å². The lowest BCUT2D eigenvalue weighted by Crippen LogP contribution is -2.37. The maximum Gasteiger partial charge on any atom is 0.264 e. The quantitative estimate of drug-likeness (QED) is 0.701. The zero-order valence-electron chi connectivity index (χ0n) is 16.3. The summed E-state index contributed by atoms with van der Waals surface area (Å²) >= 11 is 0. The van der Waals surface area contributed by atoms with E-state index in [0.717, 1.165) is 6.26 Å². The molecule has 0 saturated heterocycles. The normalized spacial score (nSPS) is 12.4. The number of para-hydroxylation sites is 1. The van der Waals surface area contributed by atoms with Gasteiger partial charge < -0.3 is 4.90 Å². The molecule has 0 saturated carbocycles. The van der Waals surface area contributed by atoms with Gasteiger partial charge in [-0.05, 0) is 63.3 Å². The van der Waals surface area contributed by atoms with E-state index in [9.17, 15) is 16.8 Å². The molecule has 2 aromatic carbocycles. The summed E-state index contributed by atoms with van der Waals surface area (Å²) in [6.45, 7) is 4.01. The third-order valence-electron chi connectivity index (χ3n) is 4.22. The van der Waals surface area contributed by atoms with Crippen molar-refractivity contribution in [3.8, 4) is 0 Å². The average molecular weight is 411 g/mol. The fraction of sp³-hybridized carbons (Fsp3) is 0.368. The molecule has 2 rings (SSSR count). The number of benzene rings is 2. The largest absolute Gasteiger partial charge is 0.308 e. The first-order valence-electron chi connectivity index (χ1n) is 8.48. The van der Waals surface area contributed by atoms with E-state index in [1.165, 1.54) is 23.4 Å². The highest BCUT2D eigenvalue weighted by atomic mass is 32.2. The lowest BCUT2D eigenvalue weighted by atomic mass is 10.2. The second-order valence-corrected chi connectivity index (χ2v) is 10.7. The van der Waals surface area contributed by atoms with Gasteiger partial charge in [0.15, 0.2) is 9.84 Å². The molecule has 0 aliphatic rings. The summed E-state index contributed by atoms with van der Waals surface area (Å²) in [5, 5.41) is 0. The van der Waals surface area contributed by atoms with Crippen LogP contribution in [0.4, 0.5) is 5.69 Å². The summed E-state index contributed by atoms with van der Waals surface area (Å²) in [6, 6.07) is 11.9. The Hall–Kier alpha value is -1.90. The molecule has 0 fully saturated rings. The van der Waals surface area contributed by atoms with Gasteiger partial charge >= 0.3 is 0 Å². The van der Waals surface area contributed by atoms with Crippen LogP contribution in [0.2, 0.25) is 0 Å². The lowest BCUT2D eigenvalue weighted by Gasteiger charge is -2.27. The fourth-order valence-corrected chi connectivity index (χ4v) is 5.76. The molecule has 0 aliphatic heterocycles. The van der Waals surface area contributed by atoms with Gasteiger partial charge in [-0.15, -0.1) is 0 Å². The third kappa shape index (κ3) is 4.88. The Kier molecular flexibility index (Phi) is 6.34. The number of sulfone groups is 1. The number of hydrogen-bond acceptors (Lipinski definition) is 5. The molecule has 0 unspecified atom stereocenters. The molecule has 148 valence electrons.